The van der Waals surface area contributed by atoms with Crippen molar-refractivity contribution in [3.05, 3.63) is 54.1 Å². The van der Waals surface area contributed by atoms with Gasteiger partial charge in [0.1, 0.15) is 12.3 Å². The van der Waals surface area contributed by atoms with Crippen molar-refractivity contribution in [1.82, 2.24) is 15.3 Å². The van der Waals surface area contributed by atoms with Gasteiger partial charge in [0.15, 0.2) is 6.04 Å². The van der Waals surface area contributed by atoms with Crippen LogP contribution in [0.2, 0.25) is 0 Å². The molecule has 0 saturated carbocycles. The number of ether oxygens (including phenoxy) is 6. The number of carbonyl (C=O) groups excluding carboxylic acids is 2. The molecule has 3 aliphatic rings. The van der Waals surface area contributed by atoms with E-state index in [9.17, 15) is 9.59 Å². The first-order valence-electron chi connectivity index (χ1n) is 11.7. The molecule has 38 heavy (non-hydrogen) atoms. The van der Waals surface area contributed by atoms with Crippen LogP contribution < -0.4 is 5.32 Å². The summed E-state index contributed by atoms with van der Waals surface area (Å²) >= 11 is 5.17. The third-order valence-corrected chi connectivity index (χ3v) is 6.21. The predicted molar refractivity (Wildman–Crippen MR) is 129 cm³/mol. The first-order chi connectivity index (χ1) is 18.1. The molecule has 14 heteroatoms. The van der Waals surface area contributed by atoms with Crippen molar-refractivity contribution >= 4 is 29.3 Å². The van der Waals surface area contributed by atoms with Gasteiger partial charge in [-0.05, 0) is 24.7 Å². The average Bonchev–Trinajstić information content (AvgIpc) is 3.46. The number of amides is 1. The number of carbonyl (C=O) groups is 2. The maximum atomic E-state index is 15.7. The van der Waals surface area contributed by atoms with Gasteiger partial charge in [0.2, 0.25) is 11.2 Å². The summed E-state index contributed by atoms with van der Waals surface area (Å²) < 4.78 is 64.0. The van der Waals surface area contributed by atoms with Gasteiger partial charge in [-0.25, -0.2) is 14.6 Å². The van der Waals surface area contributed by atoms with Crippen LogP contribution in [0.25, 0.3) is 0 Å². The van der Waals surface area contributed by atoms with E-state index in [1.54, 1.807) is 30.3 Å². The lowest BCUT2D eigenvalue weighted by molar-refractivity contribution is -0.479. The minimum absolute atomic E-state index is 0.0624. The van der Waals surface area contributed by atoms with E-state index in [1.807, 2.05) is 6.92 Å². The predicted octanol–water partition coefficient (Wildman–Crippen LogP) is 2.70. The van der Waals surface area contributed by atoms with Crippen molar-refractivity contribution in [2.24, 2.45) is 5.41 Å². The number of fused-ring (bicyclic) bond motifs is 3. The Kier molecular flexibility index (Phi) is 8.25. The number of nitrogens with one attached hydrogen (secondary N) is 2. The van der Waals surface area contributed by atoms with Gasteiger partial charge in [0, 0.05) is 5.41 Å². The van der Waals surface area contributed by atoms with Crippen molar-refractivity contribution in [2.45, 2.75) is 44.5 Å². The molecule has 5 rings (SSSR count). The van der Waals surface area contributed by atoms with E-state index < -0.39 is 46.6 Å². The molecule has 3 aliphatic heterocycles. The van der Waals surface area contributed by atoms with E-state index in [4.69, 9.17) is 35.9 Å². The van der Waals surface area contributed by atoms with Gasteiger partial charge in [-0.1, -0.05) is 37.3 Å². The molecule has 0 spiro atoms. The first-order valence-corrected chi connectivity index (χ1v) is 12.1. The van der Waals surface area contributed by atoms with Crippen LogP contribution in [0, 0.1) is 5.41 Å². The molecule has 1 aromatic heterocycles. The van der Waals surface area contributed by atoms with Crippen molar-refractivity contribution in [1.29, 1.82) is 0 Å². The number of hydrogen-bond donors (Lipinski definition) is 2. The highest BCUT2D eigenvalue weighted by Crippen LogP contribution is 2.43. The number of aromatic nitrogens is 2. The number of aromatic amines is 1. The Morgan fingerprint density at radius 1 is 1.18 bits per heavy atom. The minimum atomic E-state index is -4.36. The second-order valence-electron chi connectivity index (χ2n) is 9.10. The second-order valence-corrected chi connectivity index (χ2v) is 9.47. The molecule has 0 radical (unpaired) electrons. The number of imidazole rings is 1. The number of thiocarbonyl (C=S) groups is 1. The smallest absolute Gasteiger partial charge is 0.408 e. The number of rotatable bonds is 10. The van der Waals surface area contributed by atoms with Gasteiger partial charge in [0.25, 0.3) is 0 Å². The summed E-state index contributed by atoms with van der Waals surface area (Å²) in [6.45, 7) is 2.87. The maximum absolute atomic E-state index is 15.7. The lowest BCUT2D eigenvalue weighted by Gasteiger charge is -2.54. The zero-order valence-corrected chi connectivity index (χ0v) is 21.4. The van der Waals surface area contributed by atoms with E-state index in [0.717, 1.165) is 0 Å². The van der Waals surface area contributed by atoms with Crippen LogP contribution >= 0.6 is 12.2 Å². The lowest BCUT2D eigenvalue weighted by atomic mass is 9.90. The molecule has 1 amide bonds. The Hall–Kier alpha value is -3.20. The fraction of sp³-hybridized carbons (Fsp3) is 0.500. The van der Waals surface area contributed by atoms with E-state index in [2.05, 4.69) is 20.0 Å². The largest absolute Gasteiger partial charge is 0.469 e. The fourth-order valence-corrected chi connectivity index (χ4v) is 4.04. The topological polar surface area (TPSA) is 130 Å². The van der Waals surface area contributed by atoms with Crippen molar-refractivity contribution in [2.75, 3.05) is 26.4 Å². The molecule has 0 aliphatic carbocycles. The van der Waals surface area contributed by atoms with Crippen LogP contribution in [0.15, 0.2) is 42.9 Å². The van der Waals surface area contributed by atoms with Crippen LogP contribution in [0.5, 0.6) is 0 Å². The average molecular weight is 556 g/mol. The molecule has 3 fully saturated rings. The zero-order valence-electron chi connectivity index (χ0n) is 20.6. The zero-order chi connectivity index (χ0) is 27.4. The molecule has 2 atom stereocenters. The summed E-state index contributed by atoms with van der Waals surface area (Å²) in [7, 11) is 0. The Morgan fingerprint density at radius 2 is 1.84 bits per heavy atom. The Labute approximate surface area is 222 Å². The molecule has 1 aromatic carbocycles. The van der Waals surface area contributed by atoms with Crippen molar-refractivity contribution in [3.8, 4) is 0 Å². The number of alkyl carbamates (subject to hydrolysis) is 1. The second kappa shape index (κ2) is 11.3. The number of H-pyrrole nitrogens is 1. The number of benzene rings is 1. The normalized spacial score (nSPS) is 24.2. The molecular formula is C24H27F2N3O8S. The van der Waals surface area contributed by atoms with Gasteiger partial charge in [-0.2, -0.15) is 8.78 Å². The number of esters is 1. The Bertz CT molecular complexity index is 1110. The highest BCUT2D eigenvalue weighted by molar-refractivity contribution is 7.80. The lowest BCUT2D eigenvalue weighted by Crippen LogP contribution is -2.73. The quantitative estimate of drug-likeness (QED) is 0.333. The van der Waals surface area contributed by atoms with Crippen LogP contribution in [-0.2, 0) is 39.8 Å². The van der Waals surface area contributed by atoms with Crippen molar-refractivity contribution < 1.29 is 46.8 Å². The molecule has 2 N–H and O–H groups in total. The molecular weight excluding hydrogens is 528 g/mol. The van der Waals surface area contributed by atoms with Gasteiger partial charge < -0.3 is 38.7 Å². The SMILES string of the molecule is CCOC(=O)C(F)(F)[C@@H](OC(=S)c1cnc[nH]1)[C@H](NC(=O)OCc1ccccc1)C12OCC(C)(CO1)CO2. The molecule has 4 heterocycles. The third-order valence-electron chi connectivity index (χ3n) is 5.89. The van der Waals surface area contributed by atoms with Crippen LogP contribution in [0.4, 0.5) is 13.6 Å². The maximum Gasteiger partial charge on any atom is 0.408 e. The van der Waals surface area contributed by atoms with Gasteiger partial charge in [-0.3, -0.25) is 0 Å². The number of halogens is 2. The monoisotopic (exact) mass is 555 g/mol. The summed E-state index contributed by atoms with van der Waals surface area (Å²) in [5.74, 6) is -8.51. The Morgan fingerprint density at radius 3 is 2.42 bits per heavy atom. The van der Waals surface area contributed by atoms with E-state index in [-0.39, 0.29) is 38.7 Å². The Balaban J connectivity index is 1.67. The van der Waals surface area contributed by atoms with Crippen LogP contribution in [0.3, 0.4) is 0 Å². The van der Waals surface area contributed by atoms with Gasteiger partial charge in [0.05, 0.1) is 39.0 Å². The van der Waals surface area contributed by atoms with Gasteiger partial charge in [-0.15, -0.1) is 0 Å². The van der Waals surface area contributed by atoms with Crippen LogP contribution in [-0.4, -0.2) is 77.6 Å². The van der Waals surface area contributed by atoms with E-state index >= 15 is 8.78 Å². The first kappa shape index (κ1) is 27.8. The summed E-state index contributed by atoms with van der Waals surface area (Å²) in [4.78, 5) is 31.7. The molecule has 206 valence electrons. The molecule has 11 nitrogen and oxygen atoms in total. The third kappa shape index (κ3) is 5.93. The standard InChI is InChI=1S/C24H27F2N3O8S/c1-3-32-20(30)23(25,26)18(37-19(38)16-9-27-14-28-16)17(24-34-11-22(2,12-35-24)13-36-24)29-21(31)33-10-15-7-5-4-6-8-15/h4-9,14,17-18H,3,10-13H2,1-2H3,(H,27,28)(H,29,31)/t17-,18-,22?,24?/m0/s1. The van der Waals surface area contributed by atoms with Crippen LogP contribution in [0.1, 0.15) is 25.1 Å². The highest BCUT2D eigenvalue weighted by Gasteiger charge is 2.65. The minimum Gasteiger partial charge on any atom is -0.469 e. The fourth-order valence-electron chi connectivity index (χ4n) is 3.83. The molecule has 2 aromatic rings. The summed E-state index contributed by atoms with van der Waals surface area (Å²) in [6.07, 6.45) is -1.13. The highest BCUT2D eigenvalue weighted by atomic mass is 32.1. The van der Waals surface area contributed by atoms with E-state index in [1.165, 1.54) is 19.4 Å². The number of nitrogens with zero attached hydrogens (tertiary/aromatic N) is 1. The van der Waals surface area contributed by atoms with E-state index in [0.29, 0.717) is 5.56 Å². The summed E-state index contributed by atoms with van der Waals surface area (Å²) in [5, 5.41) is 1.84. The summed E-state index contributed by atoms with van der Waals surface area (Å²) in [5.41, 5.74) is 0.193. The van der Waals surface area contributed by atoms with Crippen molar-refractivity contribution in [3.63, 3.8) is 0 Å². The number of hydrogen-bond acceptors (Lipinski definition) is 10. The molecule has 0 unspecified atom stereocenters. The molecule has 3 saturated heterocycles. The number of alkyl halides is 2. The summed E-state index contributed by atoms with van der Waals surface area (Å²) in [6, 6.07) is 6.75. The molecule has 2 bridgehead atoms. The van der Waals surface area contributed by atoms with Gasteiger partial charge >= 0.3 is 24.0 Å².